The maximum atomic E-state index is 12.2. The number of carbonyl (C=O) groups is 2. The zero-order valence-corrected chi connectivity index (χ0v) is 9.53. The van der Waals surface area contributed by atoms with E-state index in [-0.39, 0.29) is 6.29 Å². The van der Waals surface area contributed by atoms with Crippen LogP contribution in [0.2, 0.25) is 0 Å². The number of aliphatic carboxylic acids is 1. The number of aldehydes is 1. The summed E-state index contributed by atoms with van der Waals surface area (Å²) >= 11 is 0. The number of nitro benzene ring substituents is 1. The summed E-state index contributed by atoms with van der Waals surface area (Å²) in [5.41, 5.74) is -2.18. The number of carboxylic acid groups (broad SMARTS) is 1. The Kier molecular flexibility index (Phi) is 4.64. The van der Waals surface area contributed by atoms with Crippen molar-refractivity contribution in [3.05, 3.63) is 33.4 Å². The molecule has 0 amide bonds. The summed E-state index contributed by atoms with van der Waals surface area (Å²) in [7, 11) is 0. The summed E-state index contributed by atoms with van der Waals surface area (Å²) in [6.45, 7) is -3.37. The van der Waals surface area contributed by atoms with Gasteiger partial charge in [0.05, 0.1) is 10.5 Å². The molecule has 0 fully saturated rings. The van der Waals surface area contributed by atoms with Crippen LogP contribution in [0.25, 0.3) is 0 Å². The monoisotopic (exact) mass is 291 g/mol. The van der Waals surface area contributed by atoms with Crippen LogP contribution < -0.4 is 4.74 Å². The predicted octanol–water partition coefficient (Wildman–Crippen LogP) is 1.13. The molecule has 0 heterocycles. The number of hydrogen-bond donors (Lipinski definition) is 2. The van der Waals surface area contributed by atoms with E-state index in [9.17, 15) is 33.6 Å². The average Bonchev–Trinajstić information content (AvgIpc) is 2.36. The van der Waals surface area contributed by atoms with Crippen molar-refractivity contribution < 1.29 is 38.2 Å². The molecular weight excluding hydrogens is 284 g/mol. The van der Waals surface area contributed by atoms with Crippen LogP contribution in [0, 0.1) is 10.1 Å². The molecule has 108 valence electrons. The van der Waals surface area contributed by atoms with Gasteiger partial charge in [-0.3, -0.25) is 14.9 Å². The number of nitro groups is 1. The molecular formula is C10H7F2NO7. The molecule has 0 saturated carbocycles. The van der Waals surface area contributed by atoms with Crippen LogP contribution >= 0.6 is 0 Å². The number of carbonyl (C=O) groups excluding carboxylic acids is 1. The van der Waals surface area contributed by atoms with E-state index in [1.165, 1.54) is 0 Å². The van der Waals surface area contributed by atoms with Crippen molar-refractivity contribution in [3.63, 3.8) is 0 Å². The lowest BCUT2D eigenvalue weighted by molar-refractivity contribution is -0.385. The van der Waals surface area contributed by atoms with E-state index >= 15 is 0 Å². The molecule has 0 spiro atoms. The number of alkyl halides is 2. The van der Waals surface area contributed by atoms with Crippen molar-refractivity contribution in [1.82, 2.24) is 0 Å². The molecule has 1 aromatic rings. The van der Waals surface area contributed by atoms with E-state index in [0.717, 1.165) is 0 Å². The fraction of sp³-hybridized carbons (Fsp3) is 0.200. The summed E-state index contributed by atoms with van der Waals surface area (Å²) in [5, 5.41) is 28.6. The van der Waals surface area contributed by atoms with E-state index in [4.69, 9.17) is 5.11 Å². The van der Waals surface area contributed by atoms with Gasteiger partial charge < -0.3 is 14.9 Å². The molecule has 0 bridgehead atoms. The van der Waals surface area contributed by atoms with Crippen molar-refractivity contribution in [2.24, 2.45) is 0 Å². The van der Waals surface area contributed by atoms with Gasteiger partial charge in [0.2, 0.25) is 0 Å². The second-order valence-corrected chi connectivity index (χ2v) is 3.44. The molecule has 0 radical (unpaired) electrons. The van der Waals surface area contributed by atoms with Gasteiger partial charge in [0.25, 0.3) is 5.69 Å². The maximum Gasteiger partial charge on any atom is 0.387 e. The van der Waals surface area contributed by atoms with Crippen molar-refractivity contribution in [2.45, 2.75) is 12.7 Å². The van der Waals surface area contributed by atoms with Gasteiger partial charge in [0, 0.05) is 11.6 Å². The van der Waals surface area contributed by atoms with Gasteiger partial charge in [0.1, 0.15) is 5.75 Å². The Hall–Kier alpha value is -2.62. The summed E-state index contributed by atoms with van der Waals surface area (Å²) in [5.74, 6) is -2.65. The van der Waals surface area contributed by atoms with Crippen molar-refractivity contribution in [1.29, 1.82) is 0 Å². The van der Waals surface area contributed by atoms with Crippen molar-refractivity contribution in [2.75, 3.05) is 0 Å². The highest BCUT2D eigenvalue weighted by Gasteiger charge is 2.27. The topological polar surface area (TPSA) is 127 Å². The second kappa shape index (κ2) is 6.02. The Labute approximate surface area is 109 Å². The number of hydrogen-bond acceptors (Lipinski definition) is 6. The van der Waals surface area contributed by atoms with Crippen LogP contribution in [0.4, 0.5) is 14.5 Å². The van der Waals surface area contributed by atoms with Gasteiger partial charge in [0.15, 0.2) is 12.4 Å². The largest absolute Gasteiger partial charge is 0.479 e. The Morgan fingerprint density at radius 3 is 2.45 bits per heavy atom. The molecule has 0 aliphatic carbocycles. The van der Waals surface area contributed by atoms with Crippen LogP contribution in [0.3, 0.4) is 0 Å². The first kappa shape index (κ1) is 15.4. The van der Waals surface area contributed by atoms with E-state index in [2.05, 4.69) is 4.74 Å². The molecule has 0 saturated heterocycles. The number of rotatable bonds is 6. The lowest BCUT2D eigenvalue weighted by Gasteiger charge is -2.13. The number of ether oxygens (including phenoxy) is 1. The Morgan fingerprint density at radius 2 is 2.05 bits per heavy atom. The Bertz CT molecular complexity index is 561. The fourth-order valence-electron chi connectivity index (χ4n) is 1.40. The van der Waals surface area contributed by atoms with Crippen molar-refractivity contribution in [3.8, 4) is 5.75 Å². The van der Waals surface area contributed by atoms with Gasteiger partial charge >= 0.3 is 12.6 Å². The third-order valence-electron chi connectivity index (χ3n) is 2.23. The number of aliphatic hydroxyl groups excluding tert-OH is 1. The highest BCUT2D eigenvalue weighted by atomic mass is 19.3. The van der Waals surface area contributed by atoms with E-state index in [1.54, 1.807) is 0 Å². The van der Waals surface area contributed by atoms with Crippen LogP contribution in [-0.4, -0.2) is 34.0 Å². The standard InChI is InChI=1S/C10H7F2NO7/c11-10(12)20-7-1-4(3-14)6(13(18)19)2-5(7)8(15)9(16)17/h1-3,8,10,15H,(H,16,17). The molecule has 1 atom stereocenters. The SMILES string of the molecule is O=Cc1cc(OC(F)F)c(C(O)C(=O)O)cc1[N+](=O)[O-]. The number of nitrogens with zero attached hydrogens (tertiary/aromatic N) is 1. The second-order valence-electron chi connectivity index (χ2n) is 3.44. The third-order valence-corrected chi connectivity index (χ3v) is 2.23. The molecule has 1 unspecified atom stereocenters. The summed E-state index contributed by atoms with van der Waals surface area (Å²) in [6.07, 6.45) is -2.30. The lowest BCUT2D eigenvalue weighted by Crippen LogP contribution is -2.14. The molecule has 2 N–H and O–H groups in total. The van der Waals surface area contributed by atoms with Gasteiger partial charge in [-0.15, -0.1) is 0 Å². The normalized spacial score (nSPS) is 12.0. The maximum absolute atomic E-state index is 12.2. The Balaban J connectivity index is 3.50. The summed E-state index contributed by atoms with van der Waals surface area (Å²) in [6, 6.07) is 1.07. The van der Waals surface area contributed by atoms with E-state index in [1.807, 2.05) is 0 Å². The first-order valence-electron chi connectivity index (χ1n) is 4.91. The first-order valence-corrected chi connectivity index (χ1v) is 4.91. The van der Waals surface area contributed by atoms with Gasteiger partial charge in [-0.05, 0) is 6.07 Å². The zero-order valence-electron chi connectivity index (χ0n) is 9.53. The molecule has 1 aromatic carbocycles. The average molecular weight is 291 g/mol. The van der Waals surface area contributed by atoms with Crippen LogP contribution in [0.1, 0.15) is 22.0 Å². The molecule has 0 aliphatic rings. The minimum absolute atomic E-state index is 0.0212. The van der Waals surface area contributed by atoms with E-state index < -0.39 is 46.2 Å². The lowest BCUT2D eigenvalue weighted by atomic mass is 10.0. The van der Waals surface area contributed by atoms with Crippen LogP contribution in [-0.2, 0) is 4.79 Å². The zero-order chi connectivity index (χ0) is 15.4. The highest BCUT2D eigenvalue weighted by Crippen LogP contribution is 2.33. The van der Waals surface area contributed by atoms with Gasteiger partial charge in [-0.2, -0.15) is 8.78 Å². The molecule has 10 heteroatoms. The molecule has 20 heavy (non-hydrogen) atoms. The third kappa shape index (κ3) is 3.23. The van der Waals surface area contributed by atoms with Crippen LogP contribution in [0.15, 0.2) is 12.1 Å². The number of aliphatic hydroxyl groups is 1. The molecule has 0 aromatic heterocycles. The van der Waals surface area contributed by atoms with Crippen LogP contribution in [0.5, 0.6) is 5.75 Å². The fourth-order valence-corrected chi connectivity index (χ4v) is 1.40. The van der Waals surface area contributed by atoms with E-state index in [0.29, 0.717) is 12.1 Å². The van der Waals surface area contributed by atoms with Gasteiger partial charge in [-0.1, -0.05) is 0 Å². The minimum Gasteiger partial charge on any atom is -0.479 e. The highest BCUT2D eigenvalue weighted by molar-refractivity contribution is 5.84. The summed E-state index contributed by atoms with van der Waals surface area (Å²) < 4.78 is 28.3. The smallest absolute Gasteiger partial charge is 0.387 e. The van der Waals surface area contributed by atoms with Gasteiger partial charge in [-0.25, -0.2) is 4.79 Å². The Morgan fingerprint density at radius 1 is 1.45 bits per heavy atom. The number of benzene rings is 1. The number of carboxylic acids is 1. The van der Waals surface area contributed by atoms with Crippen molar-refractivity contribution >= 4 is 17.9 Å². The minimum atomic E-state index is -3.37. The quantitative estimate of drug-likeness (QED) is 0.456. The number of halogens is 2. The molecule has 8 nitrogen and oxygen atoms in total. The molecule has 1 rings (SSSR count). The first-order chi connectivity index (χ1) is 9.27. The predicted molar refractivity (Wildman–Crippen MR) is 57.7 cm³/mol. The molecule has 0 aliphatic heterocycles. The summed E-state index contributed by atoms with van der Waals surface area (Å²) in [4.78, 5) is 31.0.